The first-order valence-electron chi connectivity index (χ1n) is 5.92. The Hall–Kier alpha value is -1.96. The molecule has 1 atom stereocenters. The van der Waals surface area contributed by atoms with Crippen LogP contribution in [0.25, 0.3) is 10.7 Å². The molecule has 100 valence electrons. The zero-order chi connectivity index (χ0) is 13.4. The minimum Gasteiger partial charge on any atom is -0.364 e. The summed E-state index contributed by atoms with van der Waals surface area (Å²) in [6.07, 6.45) is 1.50. The van der Waals surface area contributed by atoms with Crippen LogP contribution in [0, 0.1) is 0 Å². The minimum atomic E-state index is -0.211. The fourth-order valence-electron chi connectivity index (χ4n) is 2.03. The van der Waals surface area contributed by atoms with Crippen LogP contribution in [0.3, 0.4) is 0 Å². The van der Waals surface area contributed by atoms with E-state index in [4.69, 9.17) is 4.52 Å². The van der Waals surface area contributed by atoms with E-state index in [0.29, 0.717) is 17.2 Å². The number of hydrogen-bond acceptors (Lipinski definition) is 7. The first-order valence-corrected chi connectivity index (χ1v) is 6.74. The fourth-order valence-corrected chi connectivity index (χ4v) is 2.95. The molecular formula is C11H13N5O2S. The van der Waals surface area contributed by atoms with Gasteiger partial charge in [0.1, 0.15) is 18.0 Å². The number of anilines is 1. The Morgan fingerprint density at radius 3 is 3.00 bits per heavy atom. The van der Waals surface area contributed by atoms with Crippen LogP contribution in [-0.2, 0) is 4.79 Å². The number of nitrogens with zero attached hydrogens (tertiary/aromatic N) is 5. The standard InChI is InChI=1S/C11H13N5O2S/c1-7-10(17)15(2)4-5-16(7)11-13-12-9(19-11)8-3-6-18-14-8/h3,6-7H,4-5H2,1-2H3. The molecule has 3 rings (SSSR count). The van der Waals surface area contributed by atoms with Gasteiger partial charge in [-0.3, -0.25) is 4.79 Å². The molecule has 1 aliphatic rings. The maximum Gasteiger partial charge on any atom is 0.244 e. The summed E-state index contributed by atoms with van der Waals surface area (Å²) >= 11 is 1.41. The highest BCUT2D eigenvalue weighted by Gasteiger charge is 2.31. The number of carbonyl (C=O) groups is 1. The van der Waals surface area contributed by atoms with E-state index in [-0.39, 0.29) is 11.9 Å². The fraction of sp³-hybridized carbons (Fsp3) is 0.455. The van der Waals surface area contributed by atoms with Crippen LogP contribution in [0.4, 0.5) is 5.13 Å². The molecule has 7 nitrogen and oxygen atoms in total. The maximum absolute atomic E-state index is 12.0. The molecule has 1 saturated heterocycles. The Morgan fingerprint density at radius 2 is 2.26 bits per heavy atom. The smallest absolute Gasteiger partial charge is 0.244 e. The van der Waals surface area contributed by atoms with Crippen LogP contribution >= 0.6 is 11.3 Å². The summed E-state index contributed by atoms with van der Waals surface area (Å²) in [5, 5.41) is 13.5. The first-order chi connectivity index (χ1) is 9.16. The number of rotatable bonds is 2. The summed E-state index contributed by atoms with van der Waals surface area (Å²) in [5.74, 6) is 0.101. The van der Waals surface area contributed by atoms with E-state index in [9.17, 15) is 4.79 Å². The van der Waals surface area contributed by atoms with Crippen LogP contribution in [-0.4, -0.2) is 52.3 Å². The predicted octanol–water partition coefficient (Wildman–Crippen LogP) is 0.860. The molecule has 0 radical (unpaired) electrons. The summed E-state index contributed by atoms with van der Waals surface area (Å²) in [6.45, 7) is 3.34. The highest BCUT2D eigenvalue weighted by Crippen LogP contribution is 2.29. The molecule has 2 aromatic rings. The van der Waals surface area contributed by atoms with E-state index in [1.54, 1.807) is 11.0 Å². The number of likely N-dealkylation sites (N-methyl/N-ethyl adjacent to an activating group) is 1. The molecule has 0 aliphatic carbocycles. The minimum absolute atomic E-state index is 0.101. The van der Waals surface area contributed by atoms with Gasteiger partial charge in [-0.15, -0.1) is 10.2 Å². The summed E-state index contributed by atoms with van der Waals surface area (Å²) in [4.78, 5) is 15.7. The number of hydrogen-bond donors (Lipinski definition) is 0. The Balaban J connectivity index is 1.85. The number of amides is 1. The van der Waals surface area contributed by atoms with Crippen molar-refractivity contribution in [1.82, 2.24) is 20.3 Å². The van der Waals surface area contributed by atoms with Crippen molar-refractivity contribution in [3.8, 4) is 10.7 Å². The number of aromatic nitrogens is 3. The Kier molecular flexibility index (Phi) is 2.94. The van der Waals surface area contributed by atoms with Gasteiger partial charge in [-0.2, -0.15) is 0 Å². The van der Waals surface area contributed by atoms with Gasteiger partial charge in [0.05, 0.1) is 0 Å². The van der Waals surface area contributed by atoms with Crippen molar-refractivity contribution < 1.29 is 9.32 Å². The van der Waals surface area contributed by atoms with Gasteiger partial charge in [-0.05, 0) is 6.92 Å². The van der Waals surface area contributed by atoms with Gasteiger partial charge >= 0.3 is 0 Å². The molecule has 1 unspecified atom stereocenters. The highest BCUT2D eigenvalue weighted by atomic mass is 32.1. The molecule has 3 heterocycles. The van der Waals surface area contributed by atoms with Crippen LogP contribution in [0.1, 0.15) is 6.92 Å². The predicted molar refractivity (Wildman–Crippen MR) is 69.9 cm³/mol. The quantitative estimate of drug-likeness (QED) is 0.811. The second-order valence-corrected chi connectivity index (χ2v) is 5.36. The summed E-state index contributed by atoms with van der Waals surface area (Å²) in [5.41, 5.74) is 0.664. The summed E-state index contributed by atoms with van der Waals surface area (Å²) in [7, 11) is 1.82. The van der Waals surface area contributed by atoms with Gasteiger partial charge in [-0.25, -0.2) is 0 Å². The van der Waals surface area contributed by atoms with Crippen LogP contribution in [0.5, 0.6) is 0 Å². The topological polar surface area (TPSA) is 75.4 Å². The van der Waals surface area contributed by atoms with Gasteiger partial charge in [0.25, 0.3) is 0 Å². The van der Waals surface area contributed by atoms with Gasteiger partial charge in [0.2, 0.25) is 11.0 Å². The molecule has 0 spiro atoms. The molecule has 0 bridgehead atoms. The zero-order valence-corrected chi connectivity index (χ0v) is 11.4. The number of piperazine rings is 1. The van der Waals surface area contributed by atoms with Crippen molar-refractivity contribution in [2.24, 2.45) is 0 Å². The second kappa shape index (κ2) is 4.61. The zero-order valence-electron chi connectivity index (χ0n) is 10.6. The lowest BCUT2D eigenvalue weighted by molar-refractivity contribution is -0.132. The lowest BCUT2D eigenvalue weighted by Gasteiger charge is -2.36. The molecule has 8 heteroatoms. The Bertz CT molecular complexity index is 582. The van der Waals surface area contributed by atoms with Gasteiger partial charge in [0.15, 0.2) is 5.01 Å². The van der Waals surface area contributed by atoms with Crippen molar-refractivity contribution in [1.29, 1.82) is 0 Å². The van der Waals surface area contributed by atoms with Crippen LogP contribution < -0.4 is 4.90 Å². The second-order valence-electron chi connectivity index (χ2n) is 4.40. The molecule has 0 saturated carbocycles. The summed E-state index contributed by atoms with van der Waals surface area (Å²) in [6, 6.07) is 1.53. The lowest BCUT2D eigenvalue weighted by atomic mass is 10.2. The van der Waals surface area contributed by atoms with Gasteiger partial charge < -0.3 is 14.3 Å². The van der Waals surface area contributed by atoms with Crippen molar-refractivity contribution in [3.05, 3.63) is 12.3 Å². The molecule has 1 aliphatic heterocycles. The van der Waals surface area contributed by atoms with Gasteiger partial charge in [0, 0.05) is 26.2 Å². The average molecular weight is 279 g/mol. The third kappa shape index (κ3) is 2.07. The lowest BCUT2D eigenvalue weighted by Crippen LogP contribution is -2.54. The van der Waals surface area contributed by atoms with Gasteiger partial charge in [-0.1, -0.05) is 16.5 Å². The monoisotopic (exact) mass is 279 g/mol. The van der Waals surface area contributed by atoms with E-state index in [1.165, 1.54) is 17.6 Å². The molecule has 19 heavy (non-hydrogen) atoms. The third-order valence-corrected chi connectivity index (χ3v) is 4.18. The summed E-state index contributed by atoms with van der Waals surface area (Å²) < 4.78 is 4.79. The molecule has 1 fully saturated rings. The maximum atomic E-state index is 12.0. The van der Waals surface area contributed by atoms with E-state index in [1.807, 2.05) is 18.9 Å². The SMILES string of the molecule is CC1C(=O)N(C)CCN1c1nnc(-c2ccon2)s1. The van der Waals surface area contributed by atoms with Crippen LogP contribution in [0.15, 0.2) is 16.9 Å². The van der Waals surface area contributed by atoms with Crippen molar-refractivity contribution >= 4 is 22.4 Å². The third-order valence-electron chi connectivity index (χ3n) is 3.19. The normalized spacial score (nSPS) is 20.1. The van der Waals surface area contributed by atoms with Crippen molar-refractivity contribution in [3.63, 3.8) is 0 Å². The Morgan fingerprint density at radius 1 is 1.42 bits per heavy atom. The van der Waals surface area contributed by atoms with Crippen LogP contribution in [0.2, 0.25) is 0 Å². The first kappa shape index (κ1) is 12.1. The molecule has 0 aromatic carbocycles. The van der Waals surface area contributed by atoms with E-state index < -0.39 is 0 Å². The van der Waals surface area contributed by atoms with E-state index in [2.05, 4.69) is 15.4 Å². The molecular weight excluding hydrogens is 266 g/mol. The van der Waals surface area contributed by atoms with Crippen molar-refractivity contribution in [2.75, 3.05) is 25.0 Å². The Labute approximate surface area is 113 Å². The largest absolute Gasteiger partial charge is 0.364 e. The molecule has 0 N–H and O–H groups in total. The van der Waals surface area contributed by atoms with Crippen molar-refractivity contribution in [2.45, 2.75) is 13.0 Å². The number of carbonyl (C=O) groups excluding carboxylic acids is 1. The molecule has 2 aromatic heterocycles. The average Bonchev–Trinajstić information content (AvgIpc) is 3.06. The highest BCUT2D eigenvalue weighted by molar-refractivity contribution is 7.18. The van der Waals surface area contributed by atoms with E-state index in [0.717, 1.165) is 11.7 Å². The molecule has 1 amide bonds. The van der Waals surface area contributed by atoms with E-state index >= 15 is 0 Å².